The van der Waals surface area contributed by atoms with E-state index >= 15 is 0 Å². The van der Waals surface area contributed by atoms with E-state index in [0.717, 1.165) is 12.8 Å². The van der Waals surface area contributed by atoms with Crippen LogP contribution in [0.3, 0.4) is 0 Å². The third kappa shape index (κ3) is 4.63. The Morgan fingerprint density at radius 1 is 1.26 bits per heavy atom. The molecule has 0 saturated heterocycles. The molecule has 10 heteroatoms. The minimum atomic E-state index is -3.82. The molecule has 0 bridgehead atoms. The molecule has 0 radical (unpaired) electrons. The number of benzene rings is 2. The van der Waals surface area contributed by atoms with Crippen molar-refractivity contribution in [3.63, 3.8) is 0 Å². The first-order chi connectivity index (χ1) is 14.8. The van der Waals surface area contributed by atoms with E-state index in [4.69, 9.17) is 11.6 Å². The molecule has 2 aromatic carbocycles. The number of carbonyl (C=O) groups excluding carboxylic acids is 1. The Morgan fingerprint density at radius 2 is 2.00 bits per heavy atom. The van der Waals surface area contributed by atoms with E-state index in [-0.39, 0.29) is 33.6 Å². The molecule has 1 aliphatic rings. The molecule has 1 fully saturated rings. The van der Waals surface area contributed by atoms with Crippen LogP contribution < -0.4 is 10.3 Å². The van der Waals surface area contributed by atoms with Crippen molar-refractivity contribution in [1.29, 1.82) is 0 Å². The van der Waals surface area contributed by atoms with Crippen LogP contribution in [0.1, 0.15) is 35.9 Å². The molecule has 0 unspecified atom stereocenters. The monoisotopic (exact) mass is 460 g/mol. The summed E-state index contributed by atoms with van der Waals surface area (Å²) < 4.78 is 27.8. The van der Waals surface area contributed by atoms with Gasteiger partial charge in [-0.15, -0.1) is 0 Å². The van der Waals surface area contributed by atoms with Gasteiger partial charge in [0.2, 0.25) is 10.0 Å². The molecule has 4 rings (SSSR count). The molecule has 8 nitrogen and oxygen atoms in total. The molecule has 162 valence electrons. The van der Waals surface area contributed by atoms with Gasteiger partial charge in [0.25, 0.3) is 11.5 Å². The van der Waals surface area contributed by atoms with Crippen molar-refractivity contribution >= 4 is 38.4 Å². The third-order valence-electron chi connectivity index (χ3n) is 5.04. The van der Waals surface area contributed by atoms with Gasteiger partial charge in [0, 0.05) is 18.2 Å². The first kappa shape index (κ1) is 21.5. The molecule has 1 saturated carbocycles. The summed E-state index contributed by atoms with van der Waals surface area (Å²) in [6, 6.07) is 11.0. The van der Waals surface area contributed by atoms with Gasteiger partial charge in [0.15, 0.2) is 0 Å². The Kier molecular flexibility index (Phi) is 5.83. The fourth-order valence-electron chi connectivity index (χ4n) is 3.23. The number of sulfonamides is 1. The fourth-order valence-corrected chi connectivity index (χ4v) is 5.06. The van der Waals surface area contributed by atoms with Crippen molar-refractivity contribution in [3.8, 4) is 0 Å². The van der Waals surface area contributed by atoms with Crippen molar-refractivity contribution in [2.75, 3.05) is 6.54 Å². The summed E-state index contributed by atoms with van der Waals surface area (Å²) in [5, 5.41) is 0.518. The van der Waals surface area contributed by atoms with Crippen LogP contribution in [-0.2, 0) is 16.6 Å². The van der Waals surface area contributed by atoms with Crippen LogP contribution in [0, 0.1) is 0 Å². The van der Waals surface area contributed by atoms with Gasteiger partial charge < -0.3 is 9.88 Å². The summed E-state index contributed by atoms with van der Waals surface area (Å²) in [5.74, 6) is -0.0473. The Bertz CT molecular complexity index is 1320. The van der Waals surface area contributed by atoms with Crippen molar-refractivity contribution in [2.24, 2.45) is 0 Å². The van der Waals surface area contributed by atoms with Gasteiger partial charge in [-0.2, -0.15) is 0 Å². The molecule has 1 aliphatic carbocycles. The molecular formula is C21H21ClN4O4S. The lowest BCUT2D eigenvalue weighted by atomic mass is 10.2. The second-order valence-electron chi connectivity index (χ2n) is 7.39. The first-order valence-electron chi connectivity index (χ1n) is 9.87. The molecule has 0 aliphatic heterocycles. The number of aromatic amines is 1. The number of carbonyl (C=O) groups is 1. The Labute approximate surface area is 184 Å². The van der Waals surface area contributed by atoms with Crippen LogP contribution in [0.4, 0.5) is 0 Å². The zero-order chi connectivity index (χ0) is 22.2. The van der Waals surface area contributed by atoms with E-state index in [1.54, 1.807) is 31.2 Å². The number of amides is 1. The number of H-pyrrole nitrogens is 1. The van der Waals surface area contributed by atoms with E-state index in [2.05, 4.69) is 14.7 Å². The maximum Gasteiger partial charge on any atom is 0.258 e. The molecule has 0 spiro atoms. The SMILES string of the molecule is CCN(Cc1nc2ccccc2c(=O)[nH]1)C(=O)c1ccc(Cl)c(S(=O)(=O)NC2CC2)c1. The Balaban J connectivity index is 1.62. The van der Waals surface area contributed by atoms with E-state index in [9.17, 15) is 18.0 Å². The Morgan fingerprint density at radius 3 is 2.71 bits per heavy atom. The maximum atomic E-state index is 13.1. The lowest BCUT2D eigenvalue weighted by Crippen LogP contribution is -2.32. The smallest absolute Gasteiger partial charge is 0.258 e. The molecular weight excluding hydrogens is 440 g/mol. The summed E-state index contributed by atoms with van der Waals surface area (Å²) in [6.07, 6.45) is 1.58. The summed E-state index contributed by atoms with van der Waals surface area (Å²) in [4.78, 5) is 33.9. The number of fused-ring (bicyclic) bond motifs is 1. The van der Waals surface area contributed by atoms with Crippen LogP contribution in [0.2, 0.25) is 5.02 Å². The second-order valence-corrected chi connectivity index (χ2v) is 9.48. The van der Waals surface area contributed by atoms with Crippen molar-refractivity contribution in [2.45, 2.75) is 37.2 Å². The minimum Gasteiger partial charge on any atom is -0.331 e. The zero-order valence-electron chi connectivity index (χ0n) is 16.8. The summed E-state index contributed by atoms with van der Waals surface area (Å²) in [6.45, 7) is 2.19. The first-order valence-corrected chi connectivity index (χ1v) is 11.7. The largest absolute Gasteiger partial charge is 0.331 e. The van der Waals surface area contributed by atoms with Crippen LogP contribution >= 0.6 is 11.6 Å². The number of hydrogen-bond acceptors (Lipinski definition) is 5. The van der Waals surface area contributed by atoms with Crippen molar-refractivity contribution in [1.82, 2.24) is 19.6 Å². The summed E-state index contributed by atoms with van der Waals surface area (Å²) in [5.41, 5.74) is 0.441. The minimum absolute atomic E-state index is 0.0493. The second kappa shape index (κ2) is 8.41. The van der Waals surface area contributed by atoms with Crippen LogP contribution in [-0.4, -0.2) is 41.8 Å². The molecule has 0 atom stereocenters. The quantitative estimate of drug-likeness (QED) is 0.563. The van der Waals surface area contributed by atoms with E-state index in [1.807, 2.05) is 0 Å². The van der Waals surface area contributed by atoms with Crippen LogP contribution in [0.15, 0.2) is 52.2 Å². The van der Waals surface area contributed by atoms with Gasteiger partial charge >= 0.3 is 0 Å². The van der Waals surface area contributed by atoms with Crippen molar-refractivity contribution < 1.29 is 13.2 Å². The standard InChI is InChI=1S/C21H21ClN4O4S/c1-2-26(12-19-23-17-6-4-3-5-15(17)20(27)24-19)21(28)13-7-10-16(22)18(11-13)31(29,30)25-14-8-9-14/h3-7,10-11,14,25H,2,8-9,12H2,1H3,(H,23,24,27). The normalized spacial score (nSPS) is 14.0. The van der Waals surface area contributed by atoms with Crippen LogP contribution in [0.25, 0.3) is 10.9 Å². The van der Waals surface area contributed by atoms with Gasteiger partial charge in [-0.25, -0.2) is 18.1 Å². The number of halogens is 1. The predicted octanol–water partition coefficient (Wildman–Crippen LogP) is 2.68. The maximum absolute atomic E-state index is 13.1. The lowest BCUT2D eigenvalue weighted by Gasteiger charge is -2.21. The highest BCUT2D eigenvalue weighted by Crippen LogP contribution is 2.27. The Hall–Kier alpha value is -2.75. The predicted molar refractivity (Wildman–Crippen MR) is 118 cm³/mol. The van der Waals surface area contributed by atoms with Crippen LogP contribution in [0.5, 0.6) is 0 Å². The van der Waals surface area contributed by atoms with Crippen molar-refractivity contribution in [3.05, 3.63) is 69.2 Å². The molecule has 1 heterocycles. The molecule has 2 N–H and O–H groups in total. The van der Waals surface area contributed by atoms with Gasteiger partial charge in [-0.3, -0.25) is 9.59 Å². The van der Waals surface area contributed by atoms with Gasteiger partial charge in [0.1, 0.15) is 10.7 Å². The third-order valence-corrected chi connectivity index (χ3v) is 7.04. The fraction of sp³-hybridized carbons (Fsp3) is 0.286. The highest BCUT2D eigenvalue weighted by atomic mass is 35.5. The number of nitrogens with zero attached hydrogens (tertiary/aromatic N) is 2. The molecule has 1 amide bonds. The molecule has 31 heavy (non-hydrogen) atoms. The highest BCUT2D eigenvalue weighted by Gasteiger charge is 2.30. The van der Waals surface area contributed by atoms with Gasteiger partial charge in [-0.05, 0) is 50.1 Å². The van der Waals surface area contributed by atoms with Gasteiger partial charge in [-0.1, -0.05) is 23.7 Å². The average Bonchev–Trinajstić information content (AvgIpc) is 3.55. The van der Waals surface area contributed by atoms with E-state index in [1.165, 1.54) is 23.1 Å². The van der Waals surface area contributed by atoms with E-state index in [0.29, 0.717) is 23.3 Å². The number of para-hydroxylation sites is 1. The average molecular weight is 461 g/mol. The molecule has 3 aromatic rings. The number of nitrogens with one attached hydrogen (secondary N) is 2. The zero-order valence-corrected chi connectivity index (χ0v) is 18.3. The lowest BCUT2D eigenvalue weighted by molar-refractivity contribution is 0.0748. The van der Waals surface area contributed by atoms with Gasteiger partial charge in [0.05, 0.1) is 22.5 Å². The summed E-state index contributed by atoms with van der Waals surface area (Å²) in [7, 11) is -3.82. The topological polar surface area (TPSA) is 112 Å². The summed E-state index contributed by atoms with van der Waals surface area (Å²) >= 11 is 6.11. The number of rotatable bonds is 7. The highest BCUT2D eigenvalue weighted by molar-refractivity contribution is 7.89. The molecule has 1 aromatic heterocycles. The van der Waals surface area contributed by atoms with E-state index < -0.39 is 15.9 Å². The number of hydrogen-bond donors (Lipinski definition) is 2. The number of aromatic nitrogens is 2.